The van der Waals surface area contributed by atoms with Crippen LogP contribution >= 0.6 is 21.7 Å². The molecule has 12 aliphatic rings. The topological polar surface area (TPSA) is 421 Å². The number of hydrogen-bond acceptors (Lipinski definition) is 14. The zero-order valence-electron chi connectivity index (χ0n) is 58.2. The van der Waals surface area contributed by atoms with Crippen molar-refractivity contribution in [2.45, 2.75) is 316 Å². The van der Waals surface area contributed by atoms with Crippen molar-refractivity contribution in [1.29, 1.82) is 0 Å². The van der Waals surface area contributed by atoms with Crippen molar-refractivity contribution in [3.05, 3.63) is 42.5 Å². The molecular formula is C62H126Cu4F6N16O10S2. The van der Waals surface area contributed by atoms with E-state index in [0.717, 1.165) is 52.4 Å². The van der Waals surface area contributed by atoms with E-state index in [1.807, 2.05) is 0 Å². The molecule has 26 nitrogen and oxygen atoms in total. The molecule has 12 atom stereocenters. The number of rotatable bonds is 12. The number of hydrogen-bond donors (Lipinski definition) is 10. The van der Waals surface area contributed by atoms with E-state index in [1.165, 1.54) is 257 Å². The summed E-state index contributed by atoms with van der Waals surface area (Å²) >= 11 is 0. The quantitative estimate of drug-likeness (QED) is 0.0641. The van der Waals surface area contributed by atoms with Gasteiger partial charge in [0.1, 0.15) is 0 Å². The number of halogens is 6. The van der Waals surface area contributed by atoms with Gasteiger partial charge in [0, 0.05) is 0 Å². The second-order valence-electron chi connectivity index (χ2n) is 26.6. The first kappa shape index (κ1) is 103. The Balaban J connectivity index is 0. The molecule has 12 saturated heterocycles. The molecule has 0 spiro atoms. The van der Waals surface area contributed by atoms with Gasteiger partial charge in [0.25, 0.3) is 0 Å². The molecule has 0 aromatic rings. The largest absolute Gasteiger partial charge is 2.00 e. The summed E-state index contributed by atoms with van der Waals surface area (Å²) in [5, 5.41) is 54.1. The average Bonchev–Trinajstić information content (AvgIpc) is 0.844. The van der Waals surface area contributed by atoms with Gasteiger partial charge >= 0.3 is 79.3 Å². The predicted octanol–water partition coefficient (Wildman–Crippen LogP) is 12.8. The molecular weight excluding hydrogens is 1560 g/mol. The van der Waals surface area contributed by atoms with E-state index in [1.54, 1.807) is 0 Å². The summed E-state index contributed by atoms with van der Waals surface area (Å²) in [6.07, 6.45) is 52.2. The maximum absolute atomic E-state index is 10.8. The predicted molar refractivity (Wildman–Crippen MR) is 374 cm³/mol. The molecule has 38 heteroatoms. The fourth-order valence-corrected chi connectivity index (χ4v) is 14.9. The summed E-state index contributed by atoms with van der Waals surface area (Å²) in [6.45, 7) is 13.1. The first-order chi connectivity index (χ1) is 44.3. The maximum Gasteiger partial charge on any atom is 2.00 e. The van der Waals surface area contributed by atoms with Crippen LogP contribution in [0, 0.1) is 0 Å². The van der Waals surface area contributed by atoms with E-state index >= 15 is 0 Å². The molecule has 0 bridgehead atoms. The Kier molecular flexibility index (Phi) is 57.5. The van der Waals surface area contributed by atoms with Gasteiger partial charge in [-0.2, -0.15) is 26.3 Å². The maximum atomic E-state index is 10.8. The third-order valence-corrected chi connectivity index (χ3v) is 20.9. The van der Waals surface area contributed by atoms with Crippen LogP contribution in [0.25, 0.3) is 42.5 Å². The van der Waals surface area contributed by atoms with Gasteiger partial charge in [-0.1, -0.05) is 203 Å². The van der Waals surface area contributed by atoms with Crippen LogP contribution < -0.4 is 21.3 Å². The minimum atomic E-state index is -5.34. The molecule has 612 valence electrons. The van der Waals surface area contributed by atoms with Crippen molar-refractivity contribution >= 4 is 21.7 Å². The van der Waals surface area contributed by atoms with E-state index < -0.39 is 32.8 Å². The van der Waals surface area contributed by atoms with Crippen molar-refractivity contribution in [3.63, 3.8) is 0 Å². The summed E-state index contributed by atoms with van der Waals surface area (Å²) in [7, 11) is -10.7. The third kappa shape index (κ3) is 36.0. The summed E-state index contributed by atoms with van der Waals surface area (Å²) in [5.74, 6) is 0. The van der Waals surface area contributed by atoms with E-state index in [-0.39, 0.29) is 90.2 Å². The molecule has 4 radical (unpaired) electrons. The standard InChI is InChI=1S/4C15H28N4.2CH3F3O3S.4Cu.4H2O/c4*1-4-10-16-13(7-1)19(14-8-2-5-11-17-14)15-9-3-6-12-18-15;2*2-1(3,4)8(5,6)7;;;;;;;;/h4*13-16H,1-12H2;2*5-7H;;;;;4*1H2/q4*-2;;;4*+2;;;;. The van der Waals surface area contributed by atoms with Crippen LogP contribution in [0.2, 0.25) is 0 Å². The second kappa shape index (κ2) is 55.7. The van der Waals surface area contributed by atoms with Crippen molar-refractivity contribution in [3.8, 4) is 0 Å². The number of nitrogens with one attached hydrogen (secondary N) is 4. The molecule has 0 aromatic carbocycles. The molecule has 12 aliphatic heterocycles. The fraction of sp³-hybridized carbons (Fsp3) is 1.00. The monoisotopic (exact) mass is 1680 g/mol. The molecule has 18 N–H and O–H groups in total. The summed E-state index contributed by atoms with van der Waals surface area (Å²) in [4.78, 5) is 10.5. The SMILES string of the molecule is C1CCC(N(C2CCCC[N-]2)C2CCCCN2)[N-]C1.C1CCC(N(C2CCCC[N-]2)C2CCCCN2)[N-]C1.C1CCC(N(C2CCCC[N-]2)C2CCCCN2)[N-]C1.C1CCC(N(C2CCCC[N-]2)C2CCCCN2)[N-]C1.O.O.O.O.OS(O)(O)C(F)(F)F.OS(O)(O)C(F)(F)F.[Cu+2].[Cu+2].[Cu+2].[Cu+2]. The normalized spacial score (nSPS) is 31.0. The van der Waals surface area contributed by atoms with Gasteiger partial charge in [0.05, 0.1) is 24.7 Å². The molecule has 100 heavy (non-hydrogen) atoms. The molecule has 12 unspecified atom stereocenters. The number of nitrogens with zero attached hydrogens (tertiary/aromatic N) is 12. The molecule has 0 aliphatic carbocycles. The minimum absolute atomic E-state index is 0. The Hall–Kier alpha value is 1.32. The van der Waals surface area contributed by atoms with Gasteiger partial charge < -0.3 is 133 Å². The number of alkyl halides is 6. The van der Waals surface area contributed by atoms with Crippen LogP contribution in [0.1, 0.15) is 231 Å². The Labute approximate surface area is 639 Å². The van der Waals surface area contributed by atoms with Gasteiger partial charge in [0.15, 0.2) is 21.7 Å². The van der Waals surface area contributed by atoms with Crippen LogP contribution in [-0.4, -0.2) is 232 Å². The molecule has 12 fully saturated rings. The Morgan fingerprint density at radius 3 is 0.460 bits per heavy atom. The molecule has 12 heterocycles. The van der Waals surface area contributed by atoms with Gasteiger partial charge in [-0.25, -0.2) is 0 Å². The van der Waals surface area contributed by atoms with Crippen LogP contribution in [0.3, 0.4) is 0 Å². The molecule has 0 aromatic heterocycles. The Morgan fingerprint density at radius 2 is 0.370 bits per heavy atom. The zero-order valence-corrected chi connectivity index (χ0v) is 63.6. The summed E-state index contributed by atoms with van der Waals surface area (Å²) < 4.78 is 110. The first-order valence-electron chi connectivity index (χ1n) is 35.8. The van der Waals surface area contributed by atoms with Crippen molar-refractivity contribution < 1.29 is 144 Å². The Morgan fingerprint density at radius 1 is 0.240 bits per heavy atom. The van der Waals surface area contributed by atoms with Crippen LogP contribution in [0.5, 0.6) is 0 Å². The number of piperidine rings is 12. The van der Waals surface area contributed by atoms with E-state index in [4.69, 9.17) is 69.9 Å². The van der Waals surface area contributed by atoms with Crippen molar-refractivity contribution in [2.75, 3.05) is 78.5 Å². The van der Waals surface area contributed by atoms with E-state index in [9.17, 15) is 26.3 Å². The minimum Gasteiger partial charge on any atom is -0.647 e. The van der Waals surface area contributed by atoms with Gasteiger partial charge in [-0.05, 0) is 103 Å². The summed E-state index contributed by atoms with van der Waals surface area (Å²) in [5.41, 5.74) is -10.6. The first-order valence-corrected chi connectivity index (χ1v) is 38.8. The third-order valence-electron chi connectivity index (χ3n) is 19.6. The molecule has 0 amide bonds. The van der Waals surface area contributed by atoms with Gasteiger partial charge in [-0.15, -0.1) is 52.4 Å². The summed E-state index contributed by atoms with van der Waals surface area (Å²) in [6, 6.07) is 0. The van der Waals surface area contributed by atoms with Crippen LogP contribution in [-0.2, 0) is 68.3 Å². The Bertz CT molecular complexity index is 1490. The van der Waals surface area contributed by atoms with E-state index in [2.05, 4.69) is 40.9 Å². The molecule has 0 saturated carbocycles. The smallest absolute Gasteiger partial charge is 0.647 e. The second-order valence-corrected chi connectivity index (χ2v) is 29.6. The van der Waals surface area contributed by atoms with Crippen molar-refractivity contribution in [2.24, 2.45) is 0 Å². The van der Waals surface area contributed by atoms with Crippen LogP contribution in [0.4, 0.5) is 26.3 Å². The van der Waals surface area contributed by atoms with Crippen molar-refractivity contribution in [1.82, 2.24) is 40.9 Å². The fourth-order valence-electron chi connectivity index (χ4n) is 14.9. The molecule has 12 rings (SSSR count). The average molecular weight is 1690 g/mol. The van der Waals surface area contributed by atoms with Gasteiger partial charge in [-0.3, -0.25) is 0 Å². The zero-order chi connectivity index (χ0) is 65.7. The van der Waals surface area contributed by atoms with E-state index in [0.29, 0.717) is 74.0 Å². The van der Waals surface area contributed by atoms with Crippen LogP contribution in [0.15, 0.2) is 0 Å². The van der Waals surface area contributed by atoms with Gasteiger partial charge in [0.2, 0.25) is 0 Å².